The summed E-state index contributed by atoms with van der Waals surface area (Å²) in [4.78, 5) is 19.3. The van der Waals surface area contributed by atoms with Gasteiger partial charge in [0, 0.05) is 58.4 Å². The molecule has 0 bridgehead atoms. The Bertz CT molecular complexity index is 829. The topological polar surface area (TPSA) is 160 Å². The molecule has 14 heteroatoms. The van der Waals surface area contributed by atoms with Crippen LogP contribution in [0.15, 0.2) is 20.0 Å². The number of guanidine groups is 4. The van der Waals surface area contributed by atoms with Gasteiger partial charge in [-0.15, -0.1) is 0 Å². The van der Waals surface area contributed by atoms with E-state index in [0.29, 0.717) is 12.5 Å². The Kier molecular flexibility index (Phi) is 8.65. The molecular weight excluding hydrogens is 468 g/mol. The van der Waals surface area contributed by atoms with E-state index in [0.717, 1.165) is 12.8 Å². The lowest BCUT2D eigenvalue weighted by atomic mass is 10.1. The van der Waals surface area contributed by atoms with E-state index in [1.54, 1.807) is 9.80 Å². The SMILES string of the molecule is NC(=NC1CC1)N=C(N)N1CCC(F)(F)CC1.NC(=NCC1CC1)N=C(N)N1CCC(F)(F)CC1. The third kappa shape index (κ3) is 9.76. The Labute approximate surface area is 202 Å². The molecule has 0 radical (unpaired) electrons. The van der Waals surface area contributed by atoms with Crippen molar-refractivity contribution in [2.24, 2.45) is 48.8 Å². The largest absolute Gasteiger partial charge is 0.369 e. The number of halogens is 4. The minimum Gasteiger partial charge on any atom is -0.369 e. The van der Waals surface area contributed by atoms with Crippen molar-refractivity contribution in [3.8, 4) is 0 Å². The van der Waals surface area contributed by atoms with Crippen LogP contribution in [0.25, 0.3) is 0 Å². The van der Waals surface area contributed by atoms with Gasteiger partial charge in [-0.1, -0.05) is 0 Å². The number of nitrogens with two attached hydrogens (primary N) is 4. The predicted molar refractivity (Wildman–Crippen MR) is 129 cm³/mol. The first-order chi connectivity index (χ1) is 16.4. The maximum absolute atomic E-state index is 13.0. The zero-order valence-electron chi connectivity index (χ0n) is 19.9. The molecular formula is C21H36F4N10. The number of nitrogens with zero attached hydrogens (tertiary/aromatic N) is 6. The second-order valence-electron chi connectivity index (χ2n) is 9.49. The molecule has 0 aromatic heterocycles. The molecule has 198 valence electrons. The summed E-state index contributed by atoms with van der Waals surface area (Å²) in [6.07, 6.45) is 3.68. The van der Waals surface area contributed by atoms with E-state index in [9.17, 15) is 17.6 Å². The molecule has 4 rings (SSSR count). The zero-order chi connectivity index (χ0) is 25.6. The minimum absolute atomic E-state index is 0.136. The molecule has 0 unspecified atom stereocenters. The Morgan fingerprint density at radius 2 is 1.11 bits per heavy atom. The van der Waals surface area contributed by atoms with E-state index < -0.39 is 11.8 Å². The summed E-state index contributed by atoms with van der Waals surface area (Å²) in [5.74, 6) is -3.88. The van der Waals surface area contributed by atoms with Crippen molar-refractivity contribution in [1.82, 2.24) is 9.80 Å². The molecule has 0 amide bonds. The summed E-state index contributed by atoms with van der Waals surface area (Å²) < 4.78 is 51.8. The summed E-state index contributed by atoms with van der Waals surface area (Å²) in [5, 5.41) is 0. The van der Waals surface area contributed by atoms with Crippen molar-refractivity contribution >= 4 is 23.8 Å². The van der Waals surface area contributed by atoms with Crippen LogP contribution in [0.3, 0.4) is 0 Å². The standard InChI is InChI=1S/C11H19F2N5.C10H17F2N5/c12-11(13)3-5-18(6-4-11)10(15)17-9(14)16-7-8-1-2-8;11-10(12)3-5-17(6-4-10)9(14)16-8(13)15-7-1-2-7/h8H,1-7H2,(H4,14,15,16,17);7H,1-6H2,(H4,13,14,15,16). The van der Waals surface area contributed by atoms with E-state index in [4.69, 9.17) is 22.9 Å². The van der Waals surface area contributed by atoms with Gasteiger partial charge in [0.1, 0.15) is 0 Å². The van der Waals surface area contributed by atoms with Crippen LogP contribution < -0.4 is 22.9 Å². The van der Waals surface area contributed by atoms with E-state index in [1.807, 2.05) is 0 Å². The predicted octanol–water partition coefficient (Wildman–Crippen LogP) is 1.27. The molecule has 10 nitrogen and oxygen atoms in total. The summed E-state index contributed by atoms with van der Waals surface area (Å²) in [6.45, 7) is 1.51. The third-order valence-electron chi connectivity index (χ3n) is 6.17. The smallest absolute Gasteiger partial charge is 0.251 e. The lowest BCUT2D eigenvalue weighted by molar-refractivity contribution is -0.0442. The van der Waals surface area contributed by atoms with Crippen LogP contribution in [0.5, 0.6) is 0 Å². The van der Waals surface area contributed by atoms with Gasteiger partial charge in [0.25, 0.3) is 11.8 Å². The Morgan fingerprint density at radius 3 is 1.51 bits per heavy atom. The van der Waals surface area contributed by atoms with Crippen LogP contribution in [-0.4, -0.2) is 84.2 Å². The van der Waals surface area contributed by atoms with Crippen LogP contribution >= 0.6 is 0 Å². The fourth-order valence-corrected chi connectivity index (χ4v) is 3.48. The van der Waals surface area contributed by atoms with Crippen LogP contribution in [0.1, 0.15) is 51.4 Å². The number of piperidine rings is 2. The van der Waals surface area contributed by atoms with Gasteiger partial charge in [-0.3, -0.25) is 4.99 Å². The zero-order valence-corrected chi connectivity index (χ0v) is 19.9. The highest BCUT2D eigenvalue weighted by molar-refractivity contribution is 5.94. The maximum atomic E-state index is 13.0. The Balaban J connectivity index is 0.000000196. The number of alkyl halides is 4. The van der Waals surface area contributed by atoms with Gasteiger partial charge in [-0.25, -0.2) is 22.6 Å². The van der Waals surface area contributed by atoms with Gasteiger partial charge in [-0.05, 0) is 31.6 Å². The Hall–Kier alpha value is -2.80. The monoisotopic (exact) mass is 504 g/mol. The van der Waals surface area contributed by atoms with Gasteiger partial charge in [0.05, 0.1) is 6.04 Å². The fourth-order valence-electron chi connectivity index (χ4n) is 3.48. The van der Waals surface area contributed by atoms with E-state index in [1.165, 1.54) is 12.8 Å². The normalized spacial score (nSPS) is 25.7. The molecule has 0 atom stereocenters. The van der Waals surface area contributed by atoms with Crippen LogP contribution in [0.4, 0.5) is 17.6 Å². The maximum Gasteiger partial charge on any atom is 0.251 e. The fraction of sp³-hybridized carbons (Fsp3) is 0.810. The van der Waals surface area contributed by atoms with Gasteiger partial charge >= 0.3 is 0 Å². The summed E-state index contributed by atoms with van der Waals surface area (Å²) in [6, 6.07) is 0.275. The summed E-state index contributed by atoms with van der Waals surface area (Å²) >= 11 is 0. The van der Waals surface area contributed by atoms with Gasteiger partial charge in [0.2, 0.25) is 11.9 Å². The minimum atomic E-state index is -2.58. The molecule has 4 aliphatic rings. The molecule has 2 aliphatic carbocycles. The highest BCUT2D eigenvalue weighted by atomic mass is 19.3. The van der Waals surface area contributed by atoms with E-state index in [2.05, 4.69) is 20.0 Å². The van der Waals surface area contributed by atoms with Crippen molar-refractivity contribution < 1.29 is 17.6 Å². The molecule has 2 saturated carbocycles. The van der Waals surface area contributed by atoms with Crippen molar-refractivity contribution in [2.75, 3.05) is 32.7 Å². The molecule has 0 aromatic carbocycles. The number of hydrogen-bond donors (Lipinski definition) is 4. The summed E-state index contributed by atoms with van der Waals surface area (Å²) in [7, 11) is 0. The number of hydrogen-bond acceptors (Lipinski definition) is 2. The van der Waals surface area contributed by atoms with Crippen LogP contribution in [0, 0.1) is 5.92 Å². The molecule has 2 heterocycles. The van der Waals surface area contributed by atoms with Crippen LogP contribution in [0.2, 0.25) is 0 Å². The van der Waals surface area contributed by atoms with Gasteiger partial charge < -0.3 is 32.7 Å². The third-order valence-corrected chi connectivity index (χ3v) is 6.17. The highest BCUT2D eigenvalue weighted by Gasteiger charge is 2.35. The average Bonchev–Trinajstić information content (AvgIpc) is 3.68. The Morgan fingerprint density at radius 1 is 0.686 bits per heavy atom. The lowest BCUT2D eigenvalue weighted by Crippen LogP contribution is -2.46. The molecule has 2 saturated heterocycles. The quantitative estimate of drug-likeness (QED) is 0.257. The lowest BCUT2D eigenvalue weighted by Gasteiger charge is -2.32. The second kappa shape index (κ2) is 11.3. The van der Waals surface area contributed by atoms with E-state index in [-0.39, 0.29) is 81.7 Å². The molecule has 35 heavy (non-hydrogen) atoms. The van der Waals surface area contributed by atoms with Crippen LogP contribution in [-0.2, 0) is 0 Å². The van der Waals surface area contributed by atoms with Crippen molar-refractivity contribution in [3.05, 3.63) is 0 Å². The highest BCUT2D eigenvalue weighted by Crippen LogP contribution is 2.29. The molecule has 8 N–H and O–H groups in total. The van der Waals surface area contributed by atoms with Crippen molar-refractivity contribution in [3.63, 3.8) is 0 Å². The summed E-state index contributed by atoms with van der Waals surface area (Å²) in [5.41, 5.74) is 22.6. The van der Waals surface area contributed by atoms with Crippen molar-refractivity contribution in [2.45, 2.75) is 69.3 Å². The second-order valence-corrected chi connectivity index (χ2v) is 9.49. The van der Waals surface area contributed by atoms with Crippen molar-refractivity contribution in [1.29, 1.82) is 0 Å². The molecule has 4 fully saturated rings. The van der Waals surface area contributed by atoms with Gasteiger partial charge in [-0.2, -0.15) is 9.98 Å². The molecule has 2 aliphatic heterocycles. The average molecular weight is 505 g/mol. The number of likely N-dealkylation sites (tertiary alicyclic amines) is 2. The molecule has 0 spiro atoms. The number of aliphatic imine (C=N–C) groups is 4. The first-order valence-corrected chi connectivity index (χ1v) is 12.0. The van der Waals surface area contributed by atoms with E-state index >= 15 is 0 Å². The first kappa shape index (κ1) is 26.8. The molecule has 0 aromatic rings. The number of rotatable bonds is 3. The van der Waals surface area contributed by atoms with Gasteiger partial charge in [0.15, 0.2) is 11.9 Å². The first-order valence-electron chi connectivity index (χ1n) is 12.0.